The van der Waals surface area contributed by atoms with Crippen molar-refractivity contribution < 1.29 is 22.1 Å². The van der Waals surface area contributed by atoms with Crippen LogP contribution in [0.2, 0.25) is 0 Å². The second-order valence-electron chi connectivity index (χ2n) is 4.80. The van der Waals surface area contributed by atoms with E-state index in [2.05, 4.69) is 0 Å². The number of fused-ring (bicyclic) bond motifs is 1. The number of carbonyl (C=O) groups is 1. The first-order valence-electron chi connectivity index (χ1n) is 5.64. The van der Waals surface area contributed by atoms with E-state index in [1.165, 1.54) is 0 Å². The topological polar surface area (TPSA) is 69.7 Å². The third kappa shape index (κ3) is 1.26. The van der Waals surface area contributed by atoms with Crippen LogP contribution in [0, 0.1) is 11.8 Å². The van der Waals surface area contributed by atoms with E-state index in [1.54, 1.807) is 6.92 Å². The summed E-state index contributed by atoms with van der Waals surface area (Å²) in [6.07, 6.45) is 0.966. The summed E-state index contributed by atoms with van der Waals surface area (Å²) < 4.78 is 33.6. The molecule has 16 heavy (non-hydrogen) atoms. The lowest BCUT2D eigenvalue weighted by molar-refractivity contribution is -0.155. The highest BCUT2D eigenvalue weighted by Crippen LogP contribution is 2.55. The number of hydrogen-bond acceptors (Lipinski definition) is 5. The van der Waals surface area contributed by atoms with Crippen molar-refractivity contribution in [1.82, 2.24) is 0 Å². The molecule has 5 atom stereocenters. The lowest BCUT2D eigenvalue weighted by Crippen LogP contribution is -2.37. The Morgan fingerprint density at radius 2 is 2.19 bits per heavy atom. The average molecular weight is 246 g/mol. The van der Waals surface area contributed by atoms with Gasteiger partial charge in [0.2, 0.25) is 0 Å². The molecular formula is C10H14O5S. The van der Waals surface area contributed by atoms with Gasteiger partial charge in [-0.2, -0.15) is 8.42 Å². The second kappa shape index (κ2) is 3.20. The Kier molecular flexibility index (Phi) is 2.10. The van der Waals surface area contributed by atoms with Crippen LogP contribution in [0.25, 0.3) is 0 Å². The molecule has 1 saturated heterocycles. The van der Waals surface area contributed by atoms with Crippen LogP contribution in [0.1, 0.15) is 26.2 Å². The van der Waals surface area contributed by atoms with Gasteiger partial charge in [-0.1, -0.05) is 6.92 Å². The molecule has 0 amide bonds. The fourth-order valence-corrected chi connectivity index (χ4v) is 5.16. The van der Waals surface area contributed by atoms with E-state index in [9.17, 15) is 13.2 Å². The van der Waals surface area contributed by atoms with Crippen molar-refractivity contribution in [1.29, 1.82) is 0 Å². The summed E-state index contributed by atoms with van der Waals surface area (Å²) in [6, 6.07) is 0. The molecule has 90 valence electrons. The van der Waals surface area contributed by atoms with E-state index in [4.69, 9.17) is 8.92 Å². The summed E-state index contributed by atoms with van der Waals surface area (Å²) in [6.45, 7) is 1.73. The van der Waals surface area contributed by atoms with E-state index >= 15 is 0 Å². The molecule has 3 aliphatic rings. The van der Waals surface area contributed by atoms with Crippen molar-refractivity contribution >= 4 is 16.1 Å². The van der Waals surface area contributed by atoms with E-state index in [-0.39, 0.29) is 29.2 Å². The van der Waals surface area contributed by atoms with Crippen molar-refractivity contribution in [2.45, 2.75) is 43.6 Å². The van der Waals surface area contributed by atoms with Crippen molar-refractivity contribution in [2.24, 2.45) is 11.8 Å². The van der Waals surface area contributed by atoms with Crippen LogP contribution >= 0.6 is 0 Å². The highest BCUT2D eigenvalue weighted by Gasteiger charge is 2.65. The molecule has 5 unspecified atom stereocenters. The van der Waals surface area contributed by atoms with E-state index in [1.807, 2.05) is 0 Å². The maximum Gasteiger partial charge on any atom is 0.305 e. The molecule has 0 radical (unpaired) electrons. The smallest absolute Gasteiger partial charge is 0.305 e. The van der Waals surface area contributed by atoms with Crippen molar-refractivity contribution in [3.63, 3.8) is 0 Å². The van der Waals surface area contributed by atoms with E-state index < -0.39 is 16.2 Å². The maximum atomic E-state index is 11.6. The normalized spacial score (nSPS) is 47.2. The van der Waals surface area contributed by atoms with Gasteiger partial charge >= 0.3 is 5.97 Å². The summed E-state index contributed by atoms with van der Waals surface area (Å²) in [7, 11) is -3.40. The van der Waals surface area contributed by atoms with Gasteiger partial charge in [-0.25, -0.2) is 0 Å². The lowest BCUT2D eigenvalue weighted by atomic mass is 9.94. The van der Waals surface area contributed by atoms with Crippen molar-refractivity contribution in [3.8, 4) is 0 Å². The van der Waals surface area contributed by atoms with Gasteiger partial charge < -0.3 is 4.74 Å². The van der Waals surface area contributed by atoms with Crippen LogP contribution in [0.15, 0.2) is 0 Å². The molecule has 2 bridgehead atoms. The maximum absolute atomic E-state index is 11.6. The minimum Gasteiger partial charge on any atom is -0.459 e. The summed E-state index contributed by atoms with van der Waals surface area (Å²) in [5.41, 5.74) is 0. The molecule has 1 aliphatic heterocycles. The first-order chi connectivity index (χ1) is 7.53. The SMILES string of the molecule is CCC(=O)OC1C2CC3C1OS(=O)(=O)C3C2. The largest absolute Gasteiger partial charge is 0.459 e. The first kappa shape index (κ1) is 10.5. The van der Waals surface area contributed by atoms with E-state index in [0.717, 1.165) is 6.42 Å². The molecule has 0 aromatic heterocycles. The predicted molar refractivity (Wildman–Crippen MR) is 54.0 cm³/mol. The van der Waals surface area contributed by atoms with Gasteiger partial charge in [-0.05, 0) is 12.8 Å². The van der Waals surface area contributed by atoms with Crippen LogP contribution in [-0.2, 0) is 23.8 Å². The van der Waals surface area contributed by atoms with Crippen LogP contribution in [0.3, 0.4) is 0 Å². The molecule has 6 heteroatoms. The first-order valence-corrected chi connectivity index (χ1v) is 7.11. The molecule has 0 spiro atoms. The Hall–Kier alpha value is -0.620. The van der Waals surface area contributed by atoms with Crippen molar-refractivity contribution in [2.75, 3.05) is 0 Å². The summed E-state index contributed by atoms with van der Waals surface area (Å²) in [5, 5.41) is -0.348. The van der Waals surface area contributed by atoms with Gasteiger partial charge in [-0.3, -0.25) is 8.98 Å². The minimum atomic E-state index is -3.40. The summed E-state index contributed by atoms with van der Waals surface area (Å²) >= 11 is 0. The fraction of sp³-hybridized carbons (Fsp3) is 0.900. The van der Waals surface area contributed by atoms with Gasteiger partial charge in [0, 0.05) is 18.3 Å². The lowest BCUT2D eigenvalue weighted by Gasteiger charge is -2.24. The molecule has 0 aromatic carbocycles. The highest BCUT2D eigenvalue weighted by atomic mass is 32.2. The third-order valence-corrected chi connectivity index (χ3v) is 5.74. The molecule has 2 saturated carbocycles. The zero-order chi connectivity index (χ0) is 11.5. The standard InChI is InChI=1S/C10H14O5S/c1-2-8(11)14-9-5-3-6-7(4-5)16(12,13)15-10(6)9/h5-7,9-10H,2-4H2,1H3. The summed E-state index contributed by atoms with van der Waals surface area (Å²) in [5.74, 6) is -0.0561. The summed E-state index contributed by atoms with van der Waals surface area (Å²) in [4.78, 5) is 11.3. The number of rotatable bonds is 2. The van der Waals surface area contributed by atoms with Gasteiger partial charge in [0.15, 0.2) is 0 Å². The van der Waals surface area contributed by atoms with Crippen molar-refractivity contribution in [3.05, 3.63) is 0 Å². The molecule has 3 fully saturated rings. The quantitative estimate of drug-likeness (QED) is 0.522. The third-order valence-electron chi connectivity index (χ3n) is 3.97. The number of hydrogen-bond donors (Lipinski definition) is 0. The Bertz CT molecular complexity index is 428. The Morgan fingerprint density at radius 1 is 1.44 bits per heavy atom. The van der Waals surface area contributed by atoms with E-state index in [0.29, 0.717) is 12.8 Å². The zero-order valence-electron chi connectivity index (χ0n) is 8.96. The number of esters is 1. The number of carbonyl (C=O) groups excluding carboxylic acids is 1. The Balaban J connectivity index is 1.84. The van der Waals surface area contributed by atoms with Crippen LogP contribution < -0.4 is 0 Å². The van der Waals surface area contributed by atoms with Gasteiger partial charge in [0.1, 0.15) is 12.2 Å². The minimum absolute atomic E-state index is 0.0460. The molecular weight excluding hydrogens is 232 g/mol. The number of ether oxygens (including phenoxy) is 1. The average Bonchev–Trinajstić information content (AvgIpc) is 2.81. The Morgan fingerprint density at radius 3 is 2.88 bits per heavy atom. The van der Waals surface area contributed by atoms with Crippen LogP contribution in [0.5, 0.6) is 0 Å². The molecule has 5 nitrogen and oxygen atoms in total. The van der Waals surface area contributed by atoms with Crippen LogP contribution in [0.4, 0.5) is 0 Å². The van der Waals surface area contributed by atoms with Gasteiger partial charge in [-0.15, -0.1) is 0 Å². The van der Waals surface area contributed by atoms with Gasteiger partial charge in [0.25, 0.3) is 10.1 Å². The predicted octanol–water partition coefficient (Wildman–Crippen LogP) is 0.445. The molecule has 0 aromatic rings. The Labute approximate surface area is 94.2 Å². The second-order valence-corrected chi connectivity index (χ2v) is 6.58. The fourth-order valence-electron chi connectivity index (χ4n) is 3.28. The molecule has 3 rings (SSSR count). The van der Waals surface area contributed by atoms with Crippen LogP contribution in [-0.4, -0.2) is 31.8 Å². The molecule has 1 heterocycles. The molecule has 2 aliphatic carbocycles. The highest BCUT2D eigenvalue weighted by molar-refractivity contribution is 7.87. The monoisotopic (exact) mass is 246 g/mol. The zero-order valence-corrected chi connectivity index (χ0v) is 9.77. The van der Waals surface area contributed by atoms with Gasteiger partial charge in [0.05, 0.1) is 5.25 Å². The molecule has 0 N–H and O–H groups in total.